The first-order chi connectivity index (χ1) is 19.1. The largest absolute Gasteiger partial charge is 0.453 e. The molecule has 1 heterocycles. The number of carbonyl (C=O) groups excluding carboxylic acids is 2. The number of rotatable bonds is 6. The molecule has 0 bridgehead atoms. The topological polar surface area (TPSA) is 80.3 Å². The highest BCUT2D eigenvalue weighted by Gasteiger charge is 2.45. The predicted molar refractivity (Wildman–Crippen MR) is 151 cm³/mol. The molecular formula is C31H32F3N3O3. The molecule has 2 N–H and O–H groups in total. The number of aromatic nitrogens is 1. The predicted octanol–water partition coefficient (Wildman–Crippen LogP) is 8.08. The lowest BCUT2D eigenvalue weighted by atomic mass is 10.1. The summed E-state index contributed by atoms with van der Waals surface area (Å²) < 4.78 is 46.9. The van der Waals surface area contributed by atoms with Crippen LogP contribution in [-0.4, -0.2) is 17.3 Å². The van der Waals surface area contributed by atoms with Crippen molar-refractivity contribution in [1.82, 2.24) is 4.98 Å². The van der Waals surface area contributed by atoms with Crippen molar-refractivity contribution in [3.05, 3.63) is 89.4 Å². The second-order valence-electron chi connectivity index (χ2n) is 9.41. The van der Waals surface area contributed by atoms with Crippen molar-refractivity contribution in [2.24, 2.45) is 5.41 Å². The molecule has 0 radical (unpaired) electrons. The van der Waals surface area contributed by atoms with Crippen LogP contribution in [0.1, 0.15) is 44.7 Å². The van der Waals surface area contributed by atoms with E-state index in [9.17, 15) is 22.8 Å². The third kappa shape index (κ3) is 7.37. The van der Waals surface area contributed by atoms with Crippen molar-refractivity contribution in [1.29, 1.82) is 0 Å². The van der Waals surface area contributed by atoms with Gasteiger partial charge in [-0.2, -0.15) is 0 Å². The van der Waals surface area contributed by atoms with Gasteiger partial charge in [0.15, 0.2) is 17.4 Å². The van der Waals surface area contributed by atoms with Gasteiger partial charge in [-0.3, -0.25) is 14.6 Å². The standard InChI is InChI=1S/C22H20F2N2O2.C7H6FNO.C2H6/c1-12-8-14-17(9-13(12)2)25-7-4-19(14)28-20-11-15(23)18(10-16(20)24)26-21(27)22(3)5-6-22;8-6-1-3-7(4-2-6)9-5-10;1-2/h4,7-11H,5-6H2,1-3H3,(H,26,27);1-5H,(H,9,10);1-2H3. The molecule has 2 amide bonds. The molecule has 3 aromatic carbocycles. The molecule has 9 heteroatoms. The van der Waals surface area contributed by atoms with E-state index in [-0.39, 0.29) is 23.2 Å². The highest BCUT2D eigenvalue weighted by molar-refractivity contribution is 5.97. The first-order valence-electron chi connectivity index (χ1n) is 12.9. The number of anilines is 2. The fraction of sp³-hybridized carbons (Fsp3) is 0.258. The quantitative estimate of drug-likeness (QED) is 0.237. The Balaban J connectivity index is 0.000000309. The van der Waals surface area contributed by atoms with Crippen LogP contribution in [0.15, 0.2) is 60.8 Å². The molecule has 1 fully saturated rings. The van der Waals surface area contributed by atoms with Gasteiger partial charge in [-0.1, -0.05) is 20.8 Å². The molecule has 0 atom stereocenters. The molecule has 1 saturated carbocycles. The van der Waals surface area contributed by atoms with Crippen LogP contribution in [0.2, 0.25) is 0 Å². The normalized spacial score (nSPS) is 12.7. The Kier molecular flexibility index (Phi) is 9.87. The number of pyridine rings is 1. The highest BCUT2D eigenvalue weighted by atomic mass is 19.1. The van der Waals surface area contributed by atoms with Crippen molar-refractivity contribution in [3.8, 4) is 11.5 Å². The van der Waals surface area contributed by atoms with Crippen LogP contribution in [0.4, 0.5) is 24.5 Å². The molecule has 0 aliphatic heterocycles. The molecule has 5 rings (SSSR count). The summed E-state index contributed by atoms with van der Waals surface area (Å²) in [6.07, 6.45) is 3.61. The summed E-state index contributed by atoms with van der Waals surface area (Å²) in [4.78, 5) is 26.3. The number of nitrogens with zero attached hydrogens (tertiary/aromatic N) is 1. The molecule has 1 aromatic heterocycles. The summed E-state index contributed by atoms with van der Waals surface area (Å²) in [6, 6.07) is 12.9. The number of carbonyl (C=O) groups is 2. The number of fused-ring (bicyclic) bond motifs is 1. The Bertz CT molecular complexity index is 1500. The Hall–Kier alpha value is -4.40. The van der Waals surface area contributed by atoms with Crippen LogP contribution in [0.3, 0.4) is 0 Å². The zero-order valence-corrected chi connectivity index (χ0v) is 23.1. The average molecular weight is 552 g/mol. The highest BCUT2D eigenvalue weighted by Crippen LogP contribution is 2.46. The Morgan fingerprint density at radius 2 is 1.57 bits per heavy atom. The van der Waals surface area contributed by atoms with Gasteiger partial charge in [0, 0.05) is 34.8 Å². The minimum absolute atomic E-state index is 0.186. The number of aryl methyl sites for hydroxylation is 2. The van der Waals surface area contributed by atoms with E-state index in [1.165, 1.54) is 24.3 Å². The second-order valence-corrected chi connectivity index (χ2v) is 9.41. The van der Waals surface area contributed by atoms with Crippen LogP contribution in [-0.2, 0) is 9.59 Å². The summed E-state index contributed by atoms with van der Waals surface area (Å²) in [6.45, 7) is 9.74. The van der Waals surface area contributed by atoms with Crippen LogP contribution < -0.4 is 15.4 Å². The van der Waals surface area contributed by atoms with Crippen molar-refractivity contribution in [2.45, 2.75) is 47.5 Å². The first kappa shape index (κ1) is 30.1. The number of hydrogen-bond donors (Lipinski definition) is 2. The summed E-state index contributed by atoms with van der Waals surface area (Å²) >= 11 is 0. The van der Waals surface area contributed by atoms with Gasteiger partial charge >= 0.3 is 0 Å². The van der Waals surface area contributed by atoms with Gasteiger partial charge in [-0.15, -0.1) is 0 Å². The van der Waals surface area contributed by atoms with Crippen LogP contribution >= 0.6 is 0 Å². The minimum atomic E-state index is -0.758. The van der Waals surface area contributed by atoms with Crippen molar-refractivity contribution in [2.75, 3.05) is 10.6 Å². The fourth-order valence-electron chi connectivity index (χ4n) is 3.59. The van der Waals surface area contributed by atoms with Gasteiger partial charge in [0.1, 0.15) is 11.6 Å². The zero-order chi connectivity index (χ0) is 29.4. The Morgan fingerprint density at radius 3 is 2.20 bits per heavy atom. The van der Waals surface area contributed by atoms with E-state index in [0.717, 1.165) is 36.1 Å². The zero-order valence-electron chi connectivity index (χ0n) is 23.1. The van der Waals surface area contributed by atoms with E-state index in [1.807, 2.05) is 39.8 Å². The maximum Gasteiger partial charge on any atom is 0.230 e. The number of amides is 2. The van der Waals surface area contributed by atoms with E-state index in [0.29, 0.717) is 28.7 Å². The van der Waals surface area contributed by atoms with E-state index >= 15 is 0 Å². The van der Waals surface area contributed by atoms with Crippen molar-refractivity contribution >= 4 is 34.6 Å². The third-order valence-corrected chi connectivity index (χ3v) is 6.42. The second kappa shape index (κ2) is 13.1. The fourth-order valence-corrected chi connectivity index (χ4v) is 3.59. The van der Waals surface area contributed by atoms with Crippen LogP contribution in [0.5, 0.6) is 11.5 Å². The van der Waals surface area contributed by atoms with Gasteiger partial charge in [-0.25, -0.2) is 13.2 Å². The Morgan fingerprint density at radius 1 is 0.925 bits per heavy atom. The van der Waals surface area contributed by atoms with Crippen molar-refractivity contribution < 1.29 is 27.5 Å². The van der Waals surface area contributed by atoms with Crippen LogP contribution in [0, 0.1) is 36.7 Å². The van der Waals surface area contributed by atoms with Crippen molar-refractivity contribution in [3.63, 3.8) is 0 Å². The number of ether oxygens (including phenoxy) is 1. The van der Waals surface area contributed by atoms with Crippen LogP contribution in [0.25, 0.3) is 10.9 Å². The molecule has 210 valence electrons. The van der Waals surface area contributed by atoms with E-state index in [1.54, 1.807) is 19.2 Å². The van der Waals surface area contributed by atoms with E-state index < -0.39 is 17.0 Å². The monoisotopic (exact) mass is 551 g/mol. The molecule has 4 aromatic rings. The minimum Gasteiger partial charge on any atom is -0.453 e. The molecule has 0 unspecified atom stereocenters. The maximum atomic E-state index is 14.6. The van der Waals surface area contributed by atoms with E-state index in [4.69, 9.17) is 4.74 Å². The maximum absolute atomic E-state index is 14.6. The van der Waals surface area contributed by atoms with E-state index in [2.05, 4.69) is 15.6 Å². The lowest BCUT2D eigenvalue weighted by molar-refractivity contribution is -0.120. The molecule has 1 aliphatic rings. The summed E-state index contributed by atoms with van der Waals surface area (Å²) in [7, 11) is 0. The number of hydrogen-bond acceptors (Lipinski definition) is 4. The van der Waals surface area contributed by atoms with Gasteiger partial charge in [0.2, 0.25) is 12.3 Å². The lowest BCUT2D eigenvalue weighted by Gasteiger charge is -2.14. The van der Waals surface area contributed by atoms with Gasteiger partial charge in [0.05, 0.1) is 11.2 Å². The van der Waals surface area contributed by atoms with Gasteiger partial charge in [0.25, 0.3) is 0 Å². The average Bonchev–Trinajstić information content (AvgIpc) is 3.69. The summed E-state index contributed by atoms with van der Waals surface area (Å²) in [5, 5.41) is 5.57. The molecule has 6 nitrogen and oxygen atoms in total. The molecule has 0 spiro atoms. The van der Waals surface area contributed by atoms with Gasteiger partial charge in [-0.05, 0) is 80.3 Å². The summed E-state index contributed by atoms with van der Waals surface area (Å²) in [5.74, 6) is -1.99. The Labute approximate surface area is 231 Å². The number of nitrogens with one attached hydrogen (secondary N) is 2. The first-order valence-corrected chi connectivity index (χ1v) is 12.9. The third-order valence-electron chi connectivity index (χ3n) is 6.42. The summed E-state index contributed by atoms with van der Waals surface area (Å²) in [5.41, 5.74) is 2.76. The molecule has 40 heavy (non-hydrogen) atoms. The van der Waals surface area contributed by atoms with Gasteiger partial charge < -0.3 is 15.4 Å². The molecule has 0 saturated heterocycles. The lowest BCUT2D eigenvalue weighted by Crippen LogP contribution is -2.22. The smallest absolute Gasteiger partial charge is 0.230 e. The number of halogens is 3. The molecular weight excluding hydrogens is 519 g/mol. The SMILES string of the molecule is CC.Cc1cc2nccc(Oc3cc(F)c(NC(=O)C4(C)CC4)cc3F)c2cc1C.O=CNc1ccc(F)cc1. The number of benzene rings is 3. The molecule has 1 aliphatic carbocycles.